The van der Waals surface area contributed by atoms with Gasteiger partial charge in [0.2, 0.25) is 5.91 Å². The average molecular weight is 333 g/mol. The molecule has 1 fully saturated rings. The number of rotatable bonds is 4. The first-order valence-corrected chi connectivity index (χ1v) is 8.94. The lowest BCUT2D eigenvalue weighted by Gasteiger charge is -2.16. The molecule has 25 heavy (non-hydrogen) atoms. The SMILES string of the molecule is CCN1CC(c2nc3ccccc3n2Cc2ccccc2C)CC1=O. The lowest BCUT2D eigenvalue weighted by atomic mass is 10.1. The van der Waals surface area contributed by atoms with Crippen LogP contribution in [-0.4, -0.2) is 33.4 Å². The van der Waals surface area contributed by atoms with E-state index in [1.165, 1.54) is 11.1 Å². The van der Waals surface area contributed by atoms with E-state index in [0.717, 1.165) is 36.5 Å². The van der Waals surface area contributed by atoms with E-state index in [9.17, 15) is 4.79 Å². The summed E-state index contributed by atoms with van der Waals surface area (Å²) < 4.78 is 2.30. The van der Waals surface area contributed by atoms with Gasteiger partial charge in [-0.05, 0) is 37.1 Å². The zero-order valence-electron chi connectivity index (χ0n) is 14.8. The summed E-state index contributed by atoms with van der Waals surface area (Å²) in [6.45, 7) is 6.52. The second-order valence-electron chi connectivity index (χ2n) is 6.80. The van der Waals surface area contributed by atoms with Gasteiger partial charge in [-0.25, -0.2) is 4.98 Å². The van der Waals surface area contributed by atoms with E-state index >= 15 is 0 Å². The summed E-state index contributed by atoms with van der Waals surface area (Å²) in [5.41, 5.74) is 4.73. The maximum absolute atomic E-state index is 12.2. The molecule has 128 valence electrons. The van der Waals surface area contributed by atoms with Crippen molar-refractivity contribution in [1.29, 1.82) is 0 Å². The molecule has 4 nitrogen and oxygen atoms in total. The van der Waals surface area contributed by atoms with Gasteiger partial charge in [0.25, 0.3) is 0 Å². The van der Waals surface area contributed by atoms with Crippen molar-refractivity contribution in [1.82, 2.24) is 14.5 Å². The van der Waals surface area contributed by atoms with E-state index in [1.807, 2.05) is 17.9 Å². The molecule has 0 radical (unpaired) electrons. The predicted molar refractivity (Wildman–Crippen MR) is 99.6 cm³/mol. The van der Waals surface area contributed by atoms with Crippen LogP contribution in [0, 0.1) is 6.92 Å². The summed E-state index contributed by atoms with van der Waals surface area (Å²) in [6, 6.07) is 16.7. The maximum Gasteiger partial charge on any atom is 0.223 e. The van der Waals surface area contributed by atoms with Crippen LogP contribution in [0.4, 0.5) is 0 Å². The summed E-state index contributed by atoms with van der Waals surface area (Å²) >= 11 is 0. The number of benzene rings is 2. The number of nitrogens with zero attached hydrogens (tertiary/aromatic N) is 3. The lowest BCUT2D eigenvalue weighted by molar-refractivity contribution is -0.127. The molecule has 3 aromatic rings. The summed E-state index contributed by atoms with van der Waals surface area (Å²) in [5, 5.41) is 0. The van der Waals surface area contributed by atoms with Crippen LogP contribution in [0.15, 0.2) is 48.5 Å². The minimum atomic E-state index is 0.170. The number of carbonyl (C=O) groups is 1. The van der Waals surface area contributed by atoms with Gasteiger partial charge in [-0.15, -0.1) is 0 Å². The van der Waals surface area contributed by atoms with Crippen molar-refractivity contribution in [3.8, 4) is 0 Å². The Kier molecular flexibility index (Phi) is 4.04. The van der Waals surface area contributed by atoms with Gasteiger partial charge in [0, 0.05) is 32.0 Å². The molecule has 2 aromatic carbocycles. The van der Waals surface area contributed by atoms with Gasteiger partial charge in [0.05, 0.1) is 11.0 Å². The van der Waals surface area contributed by atoms with Crippen LogP contribution in [0.3, 0.4) is 0 Å². The van der Waals surface area contributed by atoms with E-state index in [-0.39, 0.29) is 11.8 Å². The van der Waals surface area contributed by atoms with Crippen molar-refractivity contribution < 1.29 is 4.79 Å². The fraction of sp³-hybridized carbons (Fsp3) is 0.333. The smallest absolute Gasteiger partial charge is 0.223 e. The molecule has 1 amide bonds. The van der Waals surface area contributed by atoms with Crippen LogP contribution in [0.1, 0.15) is 36.2 Å². The van der Waals surface area contributed by atoms with Crippen LogP contribution < -0.4 is 0 Å². The van der Waals surface area contributed by atoms with E-state index in [0.29, 0.717) is 6.42 Å². The second kappa shape index (κ2) is 6.36. The predicted octanol–water partition coefficient (Wildman–Crippen LogP) is 3.73. The number of amides is 1. The number of likely N-dealkylation sites (tertiary alicyclic amines) is 1. The fourth-order valence-corrected chi connectivity index (χ4v) is 3.78. The third kappa shape index (κ3) is 2.82. The van der Waals surface area contributed by atoms with Gasteiger partial charge in [-0.2, -0.15) is 0 Å². The van der Waals surface area contributed by atoms with Crippen LogP contribution >= 0.6 is 0 Å². The first-order valence-electron chi connectivity index (χ1n) is 8.94. The zero-order chi connectivity index (χ0) is 17.4. The molecule has 1 atom stereocenters. The lowest BCUT2D eigenvalue weighted by Crippen LogP contribution is -2.24. The highest BCUT2D eigenvalue weighted by Crippen LogP contribution is 2.31. The normalized spacial score (nSPS) is 17.6. The highest BCUT2D eigenvalue weighted by Gasteiger charge is 2.33. The highest BCUT2D eigenvalue weighted by atomic mass is 16.2. The van der Waals surface area contributed by atoms with Gasteiger partial charge in [0.15, 0.2) is 0 Å². The van der Waals surface area contributed by atoms with Crippen molar-refractivity contribution >= 4 is 16.9 Å². The number of likely N-dealkylation sites (N-methyl/N-ethyl adjacent to an activating group) is 1. The third-order valence-corrected chi connectivity index (χ3v) is 5.24. The van der Waals surface area contributed by atoms with Crippen LogP contribution in [0.2, 0.25) is 0 Å². The number of hydrogen-bond acceptors (Lipinski definition) is 2. The molecule has 4 heteroatoms. The number of carbonyl (C=O) groups excluding carboxylic acids is 1. The zero-order valence-corrected chi connectivity index (χ0v) is 14.8. The summed E-state index contributed by atoms with van der Waals surface area (Å²) in [6.07, 6.45) is 0.560. The first kappa shape index (κ1) is 15.9. The minimum Gasteiger partial charge on any atom is -0.342 e. The van der Waals surface area contributed by atoms with Crippen molar-refractivity contribution in [2.45, 2.75) is 32.7 Å². The van der Waals surface area contributed by atoms with Gasteiger partial charge < -0.3 is 9.47 Å². The Morgan fingerprint density at radius 3 is 2.64 bits per heavy atom. The van der Waals surface area contributed by atoms with Crippen LogP contribution in [-0.2, 0) is 11.3 Å². The molecule has 1 saturated heterocycles. The topological polar surface area (TPSA) is 38.1 Å². The molecular weight excluding hydrogens is 310 g/mol. The number of aromatic nitrogens is 2. The fourth-order valence-electron chi connectivity index (χ4n) is 3.78. The third-order valence-electron chi connectivity index (χ3n) is 5.24. The molecule has 0 bridgehead atoms. The molecule has 2 heterocycles. The van der Waals surface area contributed by atoms with Gasteiger partial charge in [-0.3, -0.25) is 4.79 Å². The Balaban J connectivity index is 1.79. The highest BCUT2D eigenvalue weighted by molar-refractivity contribution is 5.81. The van der Waals surface area contributed by atoms with E-state index < -0.39 is 0 Å². The van der Waals surface area contributed by atoms with Crippen LogP contribution in [0.5, 0.6) is 0 Å². The Morgan fingerprint density at radius 2 is 1.88 bits per heavy atom. The van der Waals surface area contributed by atoms with Crippen LogP contribution in [0.25, 0.3) is 11.0 Å². The van der Waals surface area contributed by atoms with E-state index in [2.05, 4.69) is 54.0 Å². The Morgan fingerprint density at radius 1 is 1.12 bits per heavy atom. The molecule has 1 aliphatic rings. The monoisotopic (exact) mass is 333 g/mol. The number of hydrogen-bond donors (Lipinski definition) is 0. The van der Waals surface area contributed by atoms with Gasteiger partial charge >= 0.3 is 0 Å². The Hall–Kier alpha value is -2.62. The second-order valence-corrected chi connectivity index (χ2v) is 6.80. The summed E-state index contributed by atoms with van der Waals surface area (Å²) in [4.78, 5) is 19.1. The van der Waals surface area contributed by atoms with E-state index in [1.54, 1.807) is 0 Å². The first-order chi connectivity index (χ1) is 12.2. The molecule has 4 rings (SSSR count). The Labute approximate surface area is 148 Å². The molecule has 1 aromatic heterocycles. The number of para-hydroxylation sites is 2. The molecule has 0 saturated carbocycles. The molecule has 0 aliphatic carbocycles. The summed E-state index contributed by atoms with van der Waals surface area (Å²) in [7, 11) is 0. The van der Waals surface area contributed by atoms with Crippen molar-refractivity contribution in [2.24, 2.45) is 0 Å². The Bertz CT molecular complexity index is 928. The molecule has 0 N–H and O–H groups in total. The molecule has 1 aliphatic heterocycles. The summed E-state index contributed by atoms with van der Waals surface area (Å²) in [5.74, 6) is 1.44. The quantitative estimate of drug-likeness (QED) is 0.730. The molecule has 0 spiro atoms. The standard InChI is InChI=1S/C21H23N3O/c1-3-23-13-17(12-20(23)25)21-22-18-10-6-7-11-19(18)24(21)14-16-9-5-4-8-15(16)2/h4-11,17H,3,12-14H2,1-2H3. The largest absolute Gasteiger partial charge is 0.342 e. The number of aryl methyl sites for hydroxylation is 1. The van der Waals surface area contributed by atoms with E-state index in [4.69, 9.17) is 4.98 Å². The molecular formula is C21H23N3O. The van der Waals surface area contributed by atoms with Crippen molar-refractivity contribution in [2.75, 3.05) is 13.1 Å². The van der Waals surface area contributed by atoms with Gasteiger partial charge in [-0.1, -0.05) is 36.4 Å². The molecule has 1 unspecified atom stereocenters. The number of imidazole rings is 1. The van der Waals surface area contributed by atoms with Crippen molar-refractivity contribution in [3.63, 3.8) is 0 Å². The minimum absolute atomic E-state index is 0.170. The van der Waals surface area contributed by atoms with Gasteiger partial charge in [0.1, 0.15) is 5.82 Å². The maximum atomic E-state index is 12.2. The average Bonchev–Trinajstić information content (AvgIpc) is 3.17. The number of fused-ring (bicyclic) bond motifs is 1. The van der Waals surface area contributed by atoms with Crippen molar-refractivity contribution in [3.05, 3.63) is 65.5 Å².